The Morgan fingerprint density at radius 1 is 1.13 bits per heavy atom. The van der Waals surface area contributed by atoms with Crippen molar-refractivity contribution in [1.82, 2.24) is 5.32 Å². The zero-order valence-electron chi connectivity index (χ0n) is 18.5. The summed E-state index contributed by atoms with van der Waals surface area (Å²) in [6.45, 7) is 9.25. The molecule has 2 N–H and O–H groups in total. The second-order valence-electron chi connectivity index (χ2n) is 8.37. The summed E-state index contributed by atoms with van der Waals surface area (Å²) in [6, 6.07) is 11.8. The summed E-state index contributed by atoms with van der Waals surface area (Å²) in [6.07, 6.45) is -0.639. The fourth-order valence-corrected chi connectivity index (χ4v) is 3.06. The van der Waals surface area contributed by atoms with Gasteiger partial charge in [0, 0.05) is 6.42 Å². The highest BCUT2D eigenvalue weighted by Crippen LogP contribution is 2.24. The lowest BCUT2D eigenvalue weighted by Gasteiger charge is -2.23. The van der Waals surface area contributed by atoms with Crippen LogP contribution >= 0.6 is 0 Å². The van der Waals surface area contributed by atoms with Crippen molar-refractivity contribution in [3.63, 3.8) is 0 Å². The summed E-state index contributed by atoms with van der Waals surface area (Å²) in [7, 11) is 0. The fourth-order valence-electron chi connectivity index (χ4n) is 3.06. The van der Waals surface area contributed by atoms with Crippen LogP contribution in [-0.4, -0.2) is 28.8 Å². The van der Waals surface area contributed by atoms with Gasteiger partial charge in [-0.05, 0) is 81.1 Å². The third kappa shape index (κ3) is 7.34. The quantitative estimate of drug-likeness (QED) is 0.687. The van der Waals surface area contributed by atoms with Crippen LogP contribution in [0.3, 0.4) is 0 Å². The van der Waals surface area contributed by atoms with Crippen LogP contribution in [0.1, 0.15) is 48.6 Å². The van der Waals surface area contributed by atoms with Crippen molar-refractivity contribution in [3.05, 3.63) is 64.2 Å². The molecule has 2 rings (SSSR count). The summed E-state index contributed by atoms with van der Waals surface area (Å²) in [4.78, 5) is 23.7. The number of nitriles is 1. The Bertz CT molecular complexity index is 962. The zero-order valence-corrected chi connectivity index (χ0v) is 18.5. The molecule has 0 radical (unpaired) electrons. The molecule has 2 aromatic rings. The van der Waals surface area contributed by atoms with Crippen LogP contribution in [0, 0.1) is 25.2 Å². The van der Waals surface area contributed by atoms with Crippen LogP contribution in [0.5, 0.6) is 5.75 Å². The van der Waals surface area contributed by atoms with Gasteiger partial charge in [0.1, 0.15) is 24.0 Å². The Balaban J connectivity index is 2.09. The van der Waals surface area contributed by atoms with Gasteiger partial charge in [0.15, 0.2) is 0 Å². The molecular formula is C24H28N2O5. The number of nitrogens with zero attached hydrogens (tertiary/aromatic N) is 1. The molecule has 0 heterocycles. The third-order valence-corrected chi connectivity index (χ3v) is 4.56. The van der Waals surface area contributed by atoms with Gasteiger partial charge in [-0.3, -0.25) is 0 Å². The maximum atomic E-state index is 12.0. The first-order valence-electron chi connectivity index (χ1n) is 9.93. The van der Waals surface area contributed by atoms with Crippen molar-refractivity contribution in [2.24, 2.45) is 0 Å². The van der Waals surface area contributed by atoms with E-state index in [1.807, 2.05) is 38.1 Å². The molecule has 7 heteroatoms. The monoisotopic (exact) mass is 424 g/mol. The van der Waals surface area contributed by atoms with Crippen molar-refractivity contribution in [3.8, 4) is 11.8 Å². The second-order valence-corrected chi connectivity index (χ2v) is 8.37. The van der Waals surface area contributed by atoms with Gasteiger partial charge >= 0.3 is 12.1 Å². The minimum absolute atomic E-state index is 0.127. The number of carbonyl (C=O) groups excluding carboxylic acids is 1. The first-order chi connectivity index (χ1) is 14.5. The lowest BCUT2D eigenvalue weighted by Crippen LogP contribution is -2.44. The highest BCUT2D eigenvalue weighted by molar-refractivity contribution is 5.80. The van der Waals surface area contributed by atoms with Gasteiger partial charge in [-0.1, -0.05) is 12.1 Å². The van der Waals surface area contributed by atoms with Crippen LogP contribution in [0.2, 0.25) is 0 Å². The second kappa shape index (κ2) is 9.98. The summed E-state index contributed by atoms with van der Waals surface area (Å²) >= 11 is 0. The molecular weight excluding hydrogens is 396 g/mol. The minimum Gasteiger partial charge on any atom is -0.489 e. The van der Waals surface area contributed by atoms with E-state index in [0.717, 1.165) is 22.3 Å². The number of rotatable bonds is 7. The molecule has 0 aliphatic carbocycles. The molecule has 0 aliphatic rings. The highest BCUT2D eigenvalue weighted by Gasteiger charge is 2.25. The Morgan fingerprint density at radius 2 is 1.71 bits per heavy atom. The van der Waals surface area contributed by atoms with Gasteiger partial charge in [0.2, 0.25) is 0 Å². The summed E-state index contributed by atoms with van der Waals surface area (Å²) in [5.41, 5.74) is 3.37. The van der Waals surface area contributed by atoms with E-state index in [2.05, 4.69) is 11.4 Å². The Kier molecular flexibility index (Phi) is 7.65. The van der Waals surface area contributed by atoms with E-state index in [1.165, 1.54) is 0 Å². The van der Waals surface area contributed by atoms with E-state index in [9.17, 15) is 14.7 Å². The molecule has 0 unspecified atom stereocenters. The molecule has 7 nitrogen and oxygen atoms in total. The SMILES string of the molecule is Cc1cc(OCc2ccc(C#N)cc2)cc(C)c1C[C@H](NC(=O)OC(C)(C)C)C(=O)O. The van der Waals surface area contributed by atoms with Crippen LogP contribution in [-0.2, 0) is 22.6 Å². The van der Waals surface area contributed by atoms with Crippen molar-refractivity contribution < 1.29 is 24.2 Å². The predicted octanol–water partition coefficient (Wildman–Crippen LogP) is 4.27. The third-order valence-electron chi connectivity index (χ3n) is 4.56. The number of hydrogen-bond donors (Lipinski definition) is 2. The molecule has 0 saturated heterocycles. The summed E-state index contributed by atoms with van der Waals surface area (Å²) in [5.74, 6) is -0.471. The zero-order chi connectivity index (χ0) is 23.2. The molecule has 0 saturated carbocycles. The largest absolute Gasteiger partial charge is 0.489 e. The van der Waals surface area contributed by atoms with Crippen molar-refractivity contribution in [2.45, 2.75) is 59.3 Å². The number of benzene rings is 2. The van der Waals surface area contributed by atoms with Crippen LogP contribution in [0.15, 0.2) is 36.4 Å². The number of carbonyl (C=O) groups is 2. The summed E-state index contributed by atoms with van der Waals surface area (Å²) < 4.78 is 11.0. The average molecular weight is 424 g/mol. The molecule has 0 spiro atoms. The number of hydrogen-bond acceptors (Lipinski definition) is 5. The first kappa shape index (κ1) is 23.7. The van der Waals surface area contributed by atoms with Gasteiger partial charge in [0.25, 0.3) is 0 Å². The molecule has 1 atom stereocenters. The van der Waals surface area contributed by atoms with E-state index in [0.29, 0.717) is 17.9 Å². The van der Waals surface area contributed by atoms with Crippen molar-refractivity contribution in [2.75, 3.05) is 0 Å². The lowest BCUT2D eigenvalue weighted by atomic mass is 9.96. The number of carboxylic acid groups (broad SMARTS) is 1. The highest BCUT2D eigenvalue weighted by atomic mass is 16.6. The molecule has 0 aromatic heterocycles. The minimum atomic E-state index is -1.13. The normalized spacial score (nSPS) is 11.9. The number of carboxylic acids is 1. The van der Waals surface area contributed by atoms with Gasteiger partial charge in [0.05, 0.1) is 11.6 Å². The van der Waals surface area contributed by atoms with E-state index in [1.54, 1.807) is 32.9 Å². The van der Waals surface area contributed by atoms with Gasteiger partial charge in [-0.2, -0.15) is 5.26 Å². The molecule has 0 bridgehead atoms. The number of ether oxygens (including phenoxy) is 2. The molecule has 31 heavy (non-hydrogen) atoms. The Morgan fingerprint density at radius 3 is 2.19 bits per heavy atom. The van der Waals surface area contributed by atoms with Crippen molar-refractivity contribution >= 4 is 12.1 Å². The predicted molar refractivity (Wildman–Crippen MR) is 116 cm³/mol. The topological polar surface area (TPSA) is 109 Å². The van der Waals surface area contributed by atoms with E-state index >= 15 is 0 Å². The molecule has 164 valence electrons. The fraction of sp³-hybridized carbons (Fsp3) is 0.375. The maximum absolute atomic E-state index is 12.0. The molecule has 2 aromatic carbocycles. The number of aryl methyl sites for hydroxylation is 2. The Hall–Kier alpha value is -3.53. The van der Waals surface area contributed by atoms with Gasteiger partial charge in [-0.15, -0.1) is 0 Å². The number of nitrogens with one attached hydrogen (secondary N) is 1. The van der Waals surface area contributed by atoms with Gasteiger partial charge < -0.3 is 19.9 Å². The first-order valence-corrected chi connectivity index (χ1v) is 9.93. The number of aliphatic carboxylic acids is 1. The van der Waals surface area contributed by atoms with Crippen LogP contribution in [0.4, 0.5) is 4.79 Å². The molecule has 1 amide bonds. The number of amides is 1. The van der Waals surface area contributed by atoms with Crippen LogP contribution < -0.4 is 10.1 Å². The van der Waals surface area contributed by atoms with E-state index in [4.69, 9.17) is 14.7 Å². The smallest absolute Gasteiger partial charge is 0.408 e. The van der Waals surface area contributed by atoms with Crippen molar-refractivity contribution in [1.29, 1.82) is 5.26 Å². The average Bonchev–Trinajstić information content (AvgIpc) is 2.67. The number of alkyl carbamates (subject to hydrolysis) is 1. The van der Waals surface area contributed by atoms with Crippen LogP contribution in [0.25, 0.3) is 0 Å². The van der Waals surface area contributed by atoms with E-state index < -0.39 is 23.7 Å². The molecule has 0 fully saturated rings. The standard InChI is InChI=1S/C24H28N2O5/c1-15-10-19(30-14-18-8-6-17(13-25)7-9-18)11-16(2)20(15)12-21(22(27)28)26-23(29)31-24(3,4)5/h6-11,21H,12,14H2,1-5H3,(H,26,29)(H,27,28)/t21-/m0/s1. The maximum Gasteiger partial charge on any atom is 0.408 e. The lowest BCUT2D eigenvalue weighted by molar-refractivity contribution is -0.139. The van der Waals surface area contributed by atoms with Gasteiger partial charge in [-0.25, -0.2) is 9.59 Å². The molecule has 0 aliphatic heterocycles. The van der Waals surface area contributed by atoms with E-state index in [-0.39, 0.29) is 6.42 Å². The Labute approximate surface area is 182 Å². The summed E-state index contributed by atoms with van der Waals surface area (Å²) in [5, 5.41) is 20.9.